The van der Waals surface area contributed by atoms with E-state index in [1.807, 2.05) is 48.5 Å². The second-order valence-electron chi connectivity index (χ2n) is 6.25. The van der Waals surface area contributed by atoms with Gasteiger partial charge in [0.05, 0.1) is 24.4 Å². The van der Waals surface area contributed by atoms with Gasteiger partial charge in [-0.2, -0.15) is 4.98 Å². The van der Waals surface area contributed by atoms with E-state index in [0.29, 0.717) is 5.95 Å². The molecule has 2 aromatic carbocycles. The van der Waals surface area contributed by atoms with E-state index in [0.717, 1.165) is 54.2 Å². The van der Waals surface area contributed by atoms with Gasteiger partial charge in [-0.05, 0) is 37.1 Å². The Labute approximate surface area is 152 Å². The highest BCUT2D eigenvalue weighted by Crippen LogP contribution is 2.28. The molecule has 6 nitrogen and oxygen atoms in total. The minimum absolute atomic E-state index is 0.245. The van der Waals surface area contributed by atoms with Gasteiger partial charge in [-0.25, -0.2) is 4.98 Å². The number of nitrogens with zero attached hydrogens (tertiary/aromatic N) is 2. The Morgan fingerprint density at radius 1 is 1.12 bits per heavy atom. The standard InChI is InChI=1S/C20H22N4O2/c1-25-18-11-5-4-10-17(18)23-20-22-16-9-3-2-8-15(16)19(24-20)21-13-14-7-6-12-26-14/h2-5,8-11,14H,6-7,12-13H2,1H3,(H2,21,22,23,24)/t14-/m1/s1. The van der Waals surface area contributed by atoms with Crippen molar-refractivity contribution in [3.8, 4) is 5.75 Å². The van der Waals surface area contributed by atoms with Crippen LogP contribution in [0.4, 0.5) is 17.5 Å². The quantitative estimate of drug-likeness (QED) is 0.701. The molecule has 0 spiro atoms. The molecule has 26 heavy (non-hydrogen) atoms. The highest BCUT2D eigenvalue weighted by Gasteiger charge is 2.16. The Hall–Kier alpha value is -2.86. The van der Waals surface area contributed by atoms with Gasteiger partial charge in [-0.1, -0.05) is 24.3 Å². The molecule has 1 aliphatic rings. The molecule has 0 aliphatic carbocycles. The first-order valence-corrected chi connectivity index (χ1v) is 8.86. The summed E-state index contributed by atoms with van der Waals surface area (Å²) in [5.41, 5.74) is 1.71. The van der Waals surface area contributed by atoms with Crippen LogP contribution in [0, 0.1) is 0 Å². The number of methoxy groups -OCH3 is 1. The predicted molar refractivity (Wildman–Crippen MR) is 103 cm³/mol. The smallest absolute Gasteiger partial charge is 0.229 e. The summed E-state index contributed by atoms with van der Waals surface area (Å²) >= 11 is 0. The van der Waals surface area contributed by atoms with E-state index in [1.54, 1.807) is 7.11 Å². The van der Waals surface area contributed by atoms with Gasteiger partial charge < -0.3 is 20.1 Å². The zero-order valence-corrected chi connectivity index (χ0v) is 14.7. The van der Waals surface area contributed by atoms with E-state index < -0.39 is 0 Å². The molecule has 1 aromatic heterocycles. The Kier molecular flexibility index (Phi) is 4.84. The van der Waals surface area contributed by atoms with Crippen LogP contribution >= 0.6 is 0 Å². The number of nitrogens with one attached hydrogen (secondary N) is 2. The molecule has 1 atom stereocenters. The summed E-state index contributed by atoms with van der Waals surface area (Å²) in [4.78, 5) is 9.33. The van der Waals surface area contributed by atoms with Crippen molar-refractivity contribution in [2.75, 3.05) is 30.9 Å². The first-order valence-electron chi connectivity index (χ1n) is 8.86. The van der Waals surface area contributed by atoms with Crippen LogP contribution < -0.4 is 15.4 Å². The number of hydrogen-bond acceptors (Lipinski definition) is 6. The van der Waals surface area contributed by atoms with E-state index in [9.17, 15) is 0 Å². The van der Waals surface area contributed by atoms with Crippen molar-refractivity contribution in [3.63, 3.8) is 0 Å². The van der Waals surface area contributed by atoms with E-state index in [-0.39, 0.29) is 6.10 Å². The fourth-order valence-electron chi connectivity index (χ4n) is 3.15. The van der Waals surface area contributed by atoms with Gasteiger partial charge >= 0.3 is 0 Å². The lowest BCUT2D eigenvalue weighted by molar-refractivity contribution is 0.120. The maximum atomic E-state index is 5.70. The lowest BCUT2D eigenvalue weighted by atomic mass is 10.2. The van der Waals surface area contributed by atoms with Crippen molar-refractivity contribution >= 4 is 28.4 Å². The number of rotatable bonds is 6. The molecule has 0 bridgehead atoms. The van der Waals surface area contributed by atoms with Gasteiger partial charge in [0.15, 0.2) is 0 Å². The zero-order valence-electron chi connectivity index (χ0n) is 14.7. The van der Waals surface area contributed by atoms with Crippen LogP contribution in [0.5, 0.6) is 5.75 Å². The van der Waals surface area contributed by atoms with Crippen molar-refractivity contribution in [1.29, 1.82) is 0 Å². The average molecular weight is 350 g/mol. The molecule has 2 heterocycles. The highest BCUT2D eigenvalue weighted by molar-refractivity contribution is 5.90. The van der Waals surface area contributed by atoms with Crippen molar-refractivity contribution in [2.45, 2.75) is 18.9 Å². The Balaban J connectivity index is 1.64. The van der Waals surface area contributed by atoms with Crippen molar-refractivity contribution in [1.82, 2.24) is 9.97 Å². The number of hydrogen-bond donors (Lipinski definition) is 2. The third-order valence-corrected chi connectivity index (χ3v) is 4.48. The Morgan fingerprint density at radius 2 is 1.96 bits per heavy atom. The summed E-state index contributed by atoms with van der Waals surface area (Å²) in [6.07, 6.45) is 2.45. The summed E-state index contributed by atoms with van der Waals surface area (Å²) < 4.78 is 11.1. The molecule has 3 aromatic rings. The van der Waals surface area contributed by atoms with E-state index >= 15 is 0 Å². The molecule has 1 aliphatic heterocycles. The van der Waals surface area contributed by atoms with Gasteiger partial charge in [0.1, 0.15) is 11.6 Å². The monoisotopic (exact) mass is 350 g/mol. The summed E-state index contributed by atoms with van der Waals surface area (Å²) in [7, 11) is 1.65. The average Bonchev–Trinajstić information content (AvgIpc) is 3.20. The molecule has 4 rings (SSSR count). The number of ether oxygens (including phenoxy) is 2. The number of benzene rings is 2. The molecule has 6 heteroatoms. The number of para-hydroxylation sites is 3. The van der Waals surface area contributed by atoms with Gasteiger partial charge in [0.2, 0.25) is 5.95 Å². The third kappa shape index (κ3) is 3.55. The van der Waals surface area contributed by atoms with Gasteiger partial charge in [-0.3, -0.25) is 0 Å². The topological polar surface area (TPSA) is 68.3 Å². The Bertz CT molecular complexity index is 894. The number of fused-ring (bicyclic) bond motifs is 1. The largest absolute Gasteiger partial charge is 0.495 e. The predicted octanol–water partition coefficient (Wildman–Crippen LogP) is 3.97. The minimum atomic E-state index is 0.245. The first kappa shape index (κ1) is 16.6. The maximum absolute atomic E-state index is 5.70. The normalized spacial score (nSPS) is 16.6. The van der Waals surface area contributed by atoms with Crippen molar-refractivity contribution in [2.24, 2.45) is 0 Å². The number of anilines is 3. The highest BCUT2D eigenvalue weighted by atomic mass is 16.5. The van der Waals surface area contributed by atoms with Crippen LogP contribution in [-0.2, 0) is 4.74 Å². The van der Waals surface area contributed by atoms with Gasteiger partial charge in [0.25, 0.3) is 0 Å². The van der Waals surface area contributed by atoms with E-state index in [2.05, 4.69) is 20.6 Å². The maximum Gasteiger partial charge on any atom is 0.229 e. The van der Waals surface area contributed by atoms with Crippen LogP contribution in [0.3, 0.4) is 0 Å². The molecule has 2 N–H and O–H groups in total. The lowest BCUT2D eigenvalue weighted by Crippen LogP contribution is -2.19. The van der Waals surface area contributed by atoms with E-state index in [4.69, 9.17) is 9.47 Å². The molecular formula is C20H22N4O2. The minimum Gasteiger partial charge on any atom is -0.495 e. The Morgan fingerprint density at radius 3 is 2.81 bits per heavy atom. The third-order valence-electron chi connectivity index (χ3n) is 4.48. The van der Waals surface area contributed by atoms with Crippen LogP contribution in [0.25, 0.3) is 10.9 Å². The molecule has 0 saturated carbocycles. The second kappa shape index (κ2) is 7.58. The summed E-state index contributed by atoms with van der Waals surface area (Å²) in [5, 5.41) is 7.70. The fraction of sp³-hybridized carbons (Fsp3) is 0.300. The van der Waals surface area contributed by atoms with Crippen LogP contribution in [0.1, 0.15) is 12.8 Å². The van der Waals surface area contributed by atoms with Crippen molar-refractivity contribution in [3.05, 3.63) is 48.5 Å². The van der Waals surface area contributed by atoms with Gasteiger partial charge in [-0.15, -0.1) is 0 Å². The van der Waals surface area contributed by atoms with Crippen LogP contribution in [-0.4, -0.2) is 36.3 Å². The molecule has 1 saturated heterocycles. The molecule has 0 radical (unpaired) electrons. The summed E-state index contributed by atoms with van der Waals surface area (Å²) in [5.74, 6) is 2.09. The van der Waals surface area contributed by atoms with E-state index in [1.165, 1.54) is 0 Å². The molecule has 0 unspecified atom stereocenters. The van der Waals surface area contributed by atoms with Gasteiger partial charge in [0, 0.05) is 18.5 Å². The van der Waals surface area contributed by atoms with Crippen LogP contribution in [0.2, 0.25) is 0 Å². The van der Waals surface area contributed by atoms with Crippen LogP contribution in [0.15, 0.2) is 48.5 Å². The second-order valence-corrected chi connectivity index (χ2v) is 6.25. The number of aromatic nitrogens is 2. The SMILES string of the molecule is COc1ccccc1Nc1nc(NC[C@H]2CCCO2)c2ccccc2n1. The lowest BCUT2D eigenvalue weighted by Gasteiger charge is -2.15. The molecule has 134 valence electrons. The molecule has 0 amide bonds. The summed E-state index contributed by atoms with van der Waals surface area (Å²) in [6, 6.07) is 15.7. The summed E-state index contributed by atoms with van der Waals surface area (Å²) in [6.45, 7) is 1.59. The molecular weight excluding hydrogens is 328 g/mol. The first-order chi connectivity index (χ1) is 12.8. The zero-order chi connectivity index (χ0) is 17.8. The van der Waals surface area contributed by atoms with Crippen molar-refractivity contribution < 1.29 is 9.47 Å². The fourth-order valence-corrected chi connectivity index (χ4v) is 3.15. The molecule has 1 fully saturated rings.